The Morgan fingerprint density at radius 1 is 0.466 bits per heavy atom. The highest BCUT2D eigenvalue weighted by atomic mass is 16.3. The van der Waals surface area contributed by atoms with E-state index >= 15 is 0 Å². The van der Waals surface area contributed by atoms with E-state index in [1.165, 1.54) is 76.3 Å². The van der Waals surface area contributed by atoms with E-state index in [1.807, 2.05) is 0 Å². The SMILES string of the molecule is CC(C)(C)c1ccc(-c2ccccc2N(c2ccccc2-c2cccc3c2oc2ccccc23)c2ccccc2-c2cccc3cccc(C4CCCCC4)c23)cc1. The molecule has 284 valence electrons. The van der Waals surface area contributed by atoms with Gasteiger partial charge in [-0.05, 0) is 81.5 Å². The van der Waals surface area contributed by atoms with Crippen molar-refractivity contribution in [1.82, 2.24) is 0 Å². The third-order valence-corrected chi connectivity index (χ3v) is 12.5. The van der Waals surface area contributed by atoms with Crippen molar-refractivity contribution in [1.29, 1.82) is 0 Å². The first-order chi connectivity index (χ1) is 28.4. The van der Waals surface area contributed by atoms with Crippen molar-refractivity contribution in [2.75, 3.05) is 4.90 Å². The van der Waals surface area contributed by atoms with Crippen LogP contribution >= 0.6 is 0 Å². The lowest BCUT2D eigenvalue weighted by molar-refractivity contribution is 0.445. The Morgan fingerprint density at radius 2 is 1.00 bits per heavy atom. The Kier molecular flexibility index (Phi) is 9.21. The van der Waals surface area contributed by atoms with Gasteiger partial charge in [0.05, 0.1) is 17.1 Å². The molecule has 2 heteroatoms. The minimum absolute atomic E-state index is 0.0641. The maximum absolute atomic E-state index is 6.71. The maximum atomic E-state index is 6.71. The Bertz CT molecular complexity index is 2910. The standard InChI is InChI=1S/C56H49NO/c1-56(2,3)41-36-34-39(35-37-41)42-22-7-11-30-50(42)57(52-32-13-9-24-45(52)48-28-17-29-49-46-25-10-14-33-53(46)58-55(48)49)51-31-12-8-23-44(51)47-27-16-21-40-20-15-26-43(54(40)47)38-18-5-4-6-19-38/h7-17,20-38H,4-6,18-19H2,1-3H3. The van der Waals surface area contributed by atoms with E-state index in [0.717, 1.165) is 50.1 Å². The monoisotopic (exact) mass is 751 g/mol. The summed E-state index contributed by atoms with van der Waals surface area (Å²) in [6.45, 7) is 6.84. The molecule has 9 aromatic rings. The largest absolute Gasteiger partial charge is 0.455 e. The molecule has 10 rings (SSSR count). The molecule has 1 heterocycles. The van der Waals surface area contributed by atoms with Gasteiger partial charge in [0.2, 0.25) is 0 Å². The van der Waals surface area contributed by atoms with Crippen LogP contribution in [0, 0.1) is 0 Å². The third-order valence-electron chi connectivity index (χ3n) is 12.5. The molecule has 0 spiro atoms. The average molecular weight is 752 g/mol. The maximum Gasteiger partial charge on any atom is 0.143 e. The van der Waals surface area contributed by atoms with Gasteiger partial charge in [0, 0.05) is 33.0 Å². The smallest absolute Gasteiger partial charge is 0.143 e. The molecule has 8 aromatic carbocycles. The molecule has 1 aliphatic rings. The Balaban J connectivity index is 1.25. The van der Waals surface area contributed by atoms with Crippen molar-refractivity contribution >= 4 is 49.8 Å². The van der Waals surface area contributed by atoms with Crippen molar-refractivity contribution in [2.45, 2.75) is 64.2 Å². The highest BCUT2D eigenvalue weighted by Gasteiger charge is 2.26. The molecule has 2 nitrogen and oxygen atoms in total. The van der Waals surface area contributed by atoms with Gasteiger partial charge in [-0.1, -0.05) is 192 Å². The highest BCUT2D eigenvalue weighted by Crippen LogP contribution is 2.50. The minimum Gasteiger partial charge on any atom is -0.455 e. The predicted octanol–water partition coefficient (Wildman–Crippen LogP) is 16.6. The molecule has 0 N–H and O–H groups in total. The number of hydrogen-bond acceptors (Lipinski definition) is 2. The van der Waals surface area contributed by atoms with Gasteiger partial charge in [-0.2, -0.15) is 0 Å². The average Bonchev–Trinajstić information content (AvgIpc) is 3.66. The van der Waals surface area contributed by atoms with Crippen LogP contribution < -0.4 is 4.90 Å². The Morgan fingerprint density at radius 3 is 1.71 bits per heavy atom. The predicted molar refractivity (Wildman–Crippen MR) is 247 cm³/mol. The molecule has 0 unspecified atom stereocenters. The molecule has 0 radical (unpaired) electrons. The Labute approximate surface area is 342 Å². The molecule has 0 bridgehead atoms. The van der Waals surface area contributed by atoms with Crippen molar-refractivity contribution in [3.8, 4) is 33.4 Å². The number of rotatable bonds is 7. The zero-order valence-electron chi connectivity index (χ0n) is 33.7. The molecule has 0 aliphatic heterocycles. The second kappa shape index (κ2) is 14.8. The van der Waals surface area contributed by atoms with Gasteiger partial charge in [0.1, 0.15) is 11.2 Å². The number of para-hydroxylation sites is 5. The first-order valence-corrected chi connectivity index (χ1v) is 21.0. The molecular formula is C56H49NO. The first kappa shape index (κ1) is 36.0. The summed E-state index contributed by atoms with van der Waals surface area (Å²) < 4.78 is 6.71. The van der Waals surface area contributed by atoms with Crippen LogP contribution in [0.5, 0.6) is 0 Å². The van der Waals surface area contributed by atoms with E-state index in [2.05, 4.69) is 202 Å². The number of hydrogen-bond donors (Lipinski definition) is 0. The summed E-state index contributed by atoms with van der Waals surface area (Å²) in [7, 11) is 0. The van der Waals surface area contributed by atoms with Crippen molar-refractivity contribution in [3.63, 3.8) is 0 Å². The van der Waals surface area contributed by atoms with E-state index in [-0.39, 0.29) is 5.41 Å². The summed E-state index contributed by atoms with van der Waals surface area (Å²) in [6.07, 6.45) is 6.45. The van der Waals surface area contributed by atoms with E-state index < -0.39 is 0 Å². The summed E-state index contributed by atoms with van der Waals surface area (Å²) in [5.41, 5.74) is 15.1. The summed E-state index contributed by atoms with van der Waals surface area (Å²) in [5, 5.41) is 4.95. The van der Waals surface area contributed by atoms with Gasteiger partial charge in [0.15, 0.2) is 0 Å². The lowest BCUT2D eigenvalue weighted by Gasteiger charge is -2.32. The topological polar surface area (TPSA) is 16.4 Å². The molecule has 58 heavy (non-hydrogen) atoms. The van der Waals surface area contributed by atoms with Gasteiger partial charge in [0.25, 0.3) is 0 Å². The fraction of sp³-hybridized carbons (Fsp3) is 0.179. The van der Waals surface area contributed by atoms with E-state index in [9.17, 15) is 0 Å². The van der Waals surface area contributed by atoms with Gasteiger partial charge in [-0.15, -0.1) is 0 Å². The van der Waals surface area contributed by atoms with Crippen LogP contribution in [0.3, 0.4) is 0 Å². The van der Waals surface area contributed by atoms with Crippen molar-refractivity contribution in [3.05, 3.63) is 187 Å². The van der Waals surface area contributed by atoms with Crippen LogP contribution in [-0.4, -0.2) is 0 Å². The fourth-order valence-electron chi connectivity index (χ4n) is 9.55. The summed E-state index contributed by atoms with van der Waals surface area (Å²) in [6, 6.07) is 64.8. The van der Waals surface area contributed by atoms with Crippen LogP contribution in [0.15, 0.2) is 180 Å². The Hall–Kier alpha value is -6.38. The van der Waals surface area contributed by atoms with E-state index in [4.69, 9.17) is 4.42 Å². The highest BCUT2D eigenvalue weighted by molar-refractivity contribution is 6.11. The van der Waals surface area contributed by atoms with Crippen LogP contribution in [0.2, 0.25) is 0 Å². The van der Waals surface area contributed by atoms with Crippen LogP contribution in [0.25, 0.3) is 66.1 Å². The van der Waals surface area contributed by atoms with Gasteiger partial charge < -0.3 is 9.32 Å². The summed E-state index contributed by atoms with van der Waals surface area (Å²) in [5.74, 6) is 0.573. The number of nitrogens with zero attached hydrogens (tertiary/aromatic N) is 1. The van der Waals surface area contributed by atoms with Crippen LogP contribution in [0.4, 0.5) is 17.1 Å². The first-order valence-electron chi connectivity index (χ1n) is 21.0. The van der Waals surface area contributed by atoms with Crippen molar-refractivity contribution < 1.29 is 4.42 Å². The zero-order valence-corrected chi connectivity index (χ0v) is 33.7. The molecule has 1 aromatic heterocycles. The fourth-order valence-corrected chi connectivity index (χ4v) is 9.55. The number of furan rings is 1. The second-order valence-corrected chi connectivity index (χ2v) is 17.1. The number of anilines is 3. The van der Waals surface area contributed by atoms with Crippen LogP contribution in [0.1, 0.15) is 69.9 Å². The molecule has 0 amide bonds. The molecule has 1 saturated carbocycles. The lowest BCUT2D eigenvalue weighted by Crippen LogP contribution is -2.14. The van der Waals surface area contributed by atoms with E-state index in [1.54, 1.807) is 0 Å². The van der Waals surface area contributed by atoms with Gasteiger partial charge in [-0.25, -0.2) is 0 Å². The number of benzene rings is 8. The molecule has 1 aliphatic carbocycles. The summed E-state index contributed by atoms with van der Waals surface area (Å²) in [4.78, 5) is 2.52. The third kappa shape index (κ3) is 6.38. The zero-order chi connectivity index (χ0) is 39.2. The quantitative estimate of drug-likeness (QED) is 0.161. The summed E-state index contributed by atoms with van der Waals surface area (Å²) >= 11 is 0. The lowest BCUT2D eigenvalue weighted by atomic mass is 9.80. The molecular weight excluding hydrogens is 703 g/mol. The van der Waals surface area contributed by atoms with Gasteiger partial charge in [-0.3, -0.25) is 0 Å². The minimum atomic E-state index is 0.0641. The van der Waals surface area contributed by atoms with Crippen LogP contribution in [-0.2, 0) is 5.41 Å². The second-order valence-electron chi connectivity index (χ2n) is 17.1. The van der Waals surface area contributed by atoms with Crippen molar-refractivity contribution in [2.24, 2.45) is 0 Å². The molecule has 0 atom stereocenters. The normalized spacial score (nSPS) is 13.7. The molecule has 1 fully saturated rings. The van der Waals surface area contributed by atoms with E-state index in [0.29, 0.717) is 5.92 Å². The van der Waals surface area contributed by atoms with Gasteiger partial charge >= 0.3 is 0 Å². The number of fused-ring (bicyclic) bond motifs is 4. The molecule has 0 saturated heterocycles.